The maximum Gasteiger partial charge on any atom is 0.263 e. The number of likely N-dealkylation sites (N-methyl/N-ethyl adjacent to an activating group) is 1. The van der Waals surface area contributed by atoms with Gasteiger partial charge in [-0.25, -0.2) is 0 Å². The molecule has 0 radical (unpaired) electrons. The van der Waals surface area contributed by atoms with E-state index in [2.05, 4.69) is 5.16 Å². The van der Waals surface area contributed by atoms with Crippen molar-refractivity contribution in [3.63, 3.8) is 0 Å². The third-order valence-electron chi connectivity index (χ3n) is 3.56. The molecule has 6 nitrogen and oxygen atoms in total. The molecule has 0 aromatic heterocycles. The predicted molar refractivity (Wildman–Crippen MR) is 74.8 cm³/mol. The lowest BCUT2D eigenvalue weighted by Crippen LogP contribution is -2.44. The Labute approximate surface area is 117 Å². The van der Waals surface area contributed by atoms with Crippen molar-refractivity contribution in [3.05, 3.63) is 29.8 Å². The summed E-state index contributed by atoms with van der Waals surface area (Å²) in [7, 11) is 1.70. The van der Waals surface area contributed by atoms with Crippen LogP contribution >= 0.6 is 0 Å². The van der Waals surface area contributed by atoms with Crippen LogP contribution < -0.4 is 10.5 Å². The molecule has 2 atom stereocenters. The summed E-state index contributed by atoms with van der Waals surface area (Å²) in [5.41, 5.74) is 6.51. The molecule has 1 aliphatic rings. The van der Waals surface area contributed by atoms with E-state index in [9.17, 15) is 4.79 Å². The highest BCUT2D eigenvalue weighted by atomic mass is 16.5. The van der Waals surface area contributed by atoms with Crippen molar-refractivity contribution in [2.45, 2.75) is 31.9 Å². The van der Waals surface area contributed by atoms with Gasteiger partial charge in [-0.1, -0.05) is 23.4 Å². The fourth-order valence-corrected chi connectivity index (χ4v) is 2.24. The van der Waals surface area contributed by atoms with E-state index < -0.39 is 6.10 Å². The maximum absolute atomic E-state index is 12.4. The number of rotatable bonds is 4. The van der Waals surface area contributed by atoms with Gasteiger partial charge in [0, 0.05) is 25.9 Å². The lowest BCUT2D eigenvalue weighted by atomic mass is 10.1. The zero-order valence-corrected chi connectivity index (χ0v) is 11.6. The number of amidine groups is 1. The molecule has 0 saturated heterocycles. The van der Waals surface area contributed by atoms with Gasteiger partial charge in [0.05, 0.1) is 0 Å². The van der Waals surface area contributed by atoms with Crippen LogP contribution in [0.2, 0.25) is 0 Å². The fourth-order valence-electron chi connectivity index (χ4n) is 2.24. The van der Waals surface area contributed by atoms with Crippen molar-refractivity contribution in [1.29, 1.82) is 0 Å². The molecule has 2 unspecified atom stereocenters. The topological polar surface area (TPSA) is 88.2 Å². The predicted octanol–water partition coefficient (Wildman–Crippen LogP) is 0.973. The molecule has 1 aliphatic heterocycles. The molecule has 1 aromatic carbocycles. The van der Waals surface area contributed by atoms with E-state index in [-0.39, 0.29) is 17.8 Å². The first-order valence-electron chi connectivity index (χ1n) is 6.50. The number of nitrogens with zero attached hydrogens (tertiary/aromatic N) is 2. The second-order valence-electron chi connectivity index (χ2n) is 5.01. The van der Waals surface area contributed by atoms with Gasteiger partial charge in [0.2, 0.25) is 0 Å². The summed E-state index contributed by atoms with van der Waals surface area (Å²) in [6.07, 6.45) is 0.403. The standard InChI is InChI=1S/C14H19N3O3/c1-9(7-13(15)16-19)17(2)14(18)12-8-10-5-3-4-6-11(10)20-12/h3-6,9,12,19H,7-8H2,1-2H3,(H2,15,16). The van der Waals surface area contributed by atoms with Crippen LogP contribution in [0.1, 0.15) is 18.9 Å². The summed E-state index contributed by atoms with van der Waals surface area (Å²) in [5.74, 6) is 0.774. The highest BCUT2D eigenvalue weighted by Gasteiger charge is 2.32. The van der Waals surface area contributed by atoms with Gasteiger partial charge in [0.25, 0.3) is 5.91 Å². The average Bonchev–Trinajstić information content (AvgIpc) is 2.89. The molecule has 1 aromatic rings. The van der Waals surface area contributed by atoms with Crippen molar-refractivity contribution in [3.8, 4) is 5.75 Å². The monoisotopic (exact) mass is 277 g/mol. The first-order valence-corrected chi connectivity index (χ1v) is 6.50. The second kappa shape index (κ2) is 5.81. The molecule has 2 rings (SSSR count). The molecule has 0 aliphatic carbocycles. The van der Waals surface area contributed by atoms with Crippen molar-refractivity contribution in [2.75, 3.05) is 7.05 Å². The molecular weight excluding hydrogens is 258 g/mol. The first kappa shape index (κ1) is 14.2. The van der Waals surface area contributed by atoms with E-state index in [1.165, 1.54) is 0 Å². The second-order valence-corrected chi connectivity index (χ2v) is 5.01. The van der Waals surface area contributed by atoms with Crippen molar-refractivity contribution in [2.24, 2.45) is 10.9 Å². The van der Waals surface area contributed by atoms with Crippen LogP contribution in [0.3, 0.4) is 0 Å². The minimum atomic E-state index is -0.493. The van der Waals surface area contributed by atoms with E-state index >= 15 is 0 Å². The molecule has 0 fully saturated rings. The van der Waals surface area contributed by atoms with Gasteiger partial charge in [-0.3, -0.25) is 4.79 Å². The summed E-state index contributed by atoms with van der Waals surface area (Å²) < 4.78 is 5.67. The molecule has 108 valence electrons. The van der Waals surface area contributed by atoms with Crippen LogP contribution in [0.4, 0.5) is 0 Å². The number of para-hydroxylation sites is 1. The number of carbonyl (C=O) groups is 1. The van der Waals surface area contributed by atoms with Crippen LogP contribution in [-0.2, 0) is 11.2 Å². The minimum Gasteiger partial charge on any atom is -0.480 e. The highest BCUT2D eigenvalue weighted by Crippen LogP contribution is 2.29. The molecule has 0 saturated carbocycles. The number of ether oxygens (including phenoxy) is 1. The zero-order valence-electron chi connectivity index (χ0n) is 11.6. The largest absolute Gasteiger partial charge is 0.480 e. The lowest BCUT2D eigenvalue weighted by Gasteiger charge is -2.26. The Balaban J connectivity index is 1.99. The van der Waals surface area contributed by atoms with Crippen LogP contribution in [-0.4, -0.2) is 41.0 Å². The Morgan fingerprint density at radius 3 is 2.95 bits per heavy atom. The average molecular weight is 277 g/mol. The van der Waals surface area contributed by atoms with Crippen LogP contribution in [0.25, 0.3) is 0 Å². The Bertz CT molecular complexity index is 505. The molecule has 6 heteroatoms. The van der Waals surface area contributed by atoms with Gasteiger partial charge in [-0.15, -0.1) is 0 Å². The van der Waals surface area contributed by atoms with Crippen molar-refractivity contribution >= 4 is 11.7 Å². The number of benzene rings is 1. The number of amides is 1. The summed E-state index contributed by atoms with van der Waals surface area (Å²) in [6, 6.07) is 7.48. The number of nitrogens with two attached hydrogens (primary N) is 1. The molecule has 3 N–H and O–H groups in total. The van der Waals surface area contributed by atoms with E-state index in [4.69, 9.17) is 15.7 Å². The summed E-state index contributed by atoms with van der Waals surface area (Å²) in [6.45, 7) is 1.85. The van der Waals surface area contributed by atoms with Crippen molar-refractivity contribution in [1.82, 2.24) is 4.90 Å². The Morgan fingerprint density at radius 2 is 2.30 bits per heavy atom. The number of oxime groups is 1. The van der Waals surface area contributed by atoms with Gasteiger partial charge in [0.1, 0.15) is 11.6 Å². The fraction of sp³-hybridized carbons (Fsp3) is 0.429. The van der Waals surface area contributed by atoms with Crippen LogP contribution in [0.15, 0.2) is 29.4 Å². The van der Waals surface area contributed by atoms with E-state index in [1.54, 1.807) is 11.9 Å². The van der Waals surface area contributed by atoms with Gasteiger partial charge in [0.15, 0.2) is 6.10 Å². The zero-order chi connectivity index (χ0) is 14.7. The number of hydrogen-bond donors (Lipinski definition) is 2. The Morgan fingerprint density at radius 1 is 1.60 bits per heavy atom. The molecule has 0 bridgehead atoms. The SMILES string of the molecule is CC(CC(N)=NO)N(C)C(=O)C1Cc2ccccc2O1. The van der Waals surface area contributed by atoms with Gasteiger partial charge < -0.3 is 20.6 Å². The minimum absolute atomic E-state index is 0.0977. The number of hydrogen-bond acceptors (Lipinski definition) is 4. The molecular formula is C14H19N3O3. The van der Waals surface area contributed by atoms with Crippen molar-refractivity contribution < 1.29 is 14.7 Å². The van der Waals surface area contributed by atoms with E-state index in [0.717, 1.165) is 11.3 Å². The van der Waals surface area contributed by atoms with E-state index in [1.807, 2.05) is 31.2 Å². The van der Waals surface area contributed by atoms with Gasteiger partial charge in [-0.05, 0) is 18.6 Å². The lowest BCUT2D eigenvalue weighted by molar-refractivity contribution is -0.138. The summed E-state index contributed by atoms with van der Waals surface area (Å²) in [4.78, 5) is 14.0. The third-order valence-corrected chi connectivity index (χ3v) is 3.56. The third kappa shape index (κ3) is 2.84. The molecule has 1 heterocycles. The first-order chi connectivity index (χ1) is 9.52. The number of carbonyl (C=O) groups excluding carboxylic acids is 1. The Hall–Kier alpha value is -2.24. The van der Waals surface area contributed by atoms with Crippen LogP contribution in [0, 0.1) is 0 Å². The van der Waals surface area contributed by atoms with Gasteiger partial charge in [-0.2, -0.15) is 0 Å². The van der Waals surface area contributed by atoms with Gasteiger partial charge >= 0.3 is 0 Å². The summed E-state index contributed by atoms with van der Waals surface area (Å²) in [5, 5.41) is 11.5. The quantitative estimate of drug-likeness (QED) is 0.371. The Kier molecular flexibility index (Phi) is 4.12. The van der Waals surface area contributed by atoms with E-state index in [0.29, 0.717) is 12.8 Å². The summed E-state index contributed by atoms with van der Waals surface area (Å²) >= 11 is 0. The molecule has 20 heavy (non-hydrogen) atoms. The molecule has 0 spiro atoms. The van der Waals surface area contributed by atoms with Crippen LogP contribution in [0.5, 0.6) is 5.75 Å². The molecule has 1 amide bonds. The normalized spacial score (nSPS) is 19.1. The number of fused-ring (bicyclic) bond motifs is 1. The highest BCUT2D eigenvalue weighted by molar-refractivity contribution is 5.84. The maximum atomic E-state index is 12.4. The smallest absolute Gasteiger partial charge is 0.263 e.